The van der Waals surface area contributed by atoms with E-state index in [9.17, 15) is 13.6 Å². The lowest BCUT2D eigenvalue weighted by Gasteiger charge is -2.03. The molecule has 3 rings (SSSR count). The largest absolute Gasteiger partial charge is 0.292 e. The Bertz CT molecular complexity index is 833. The van der Waals surface area contributed by atoms with Gasteiger partial charge < -0.3 is 0 Å². The number of para-hydroxylation sites is 2. The van der Waals surface area contributed by atoms with E-state index < -0.39 is 11.6 Å². The standard InChI is InChI=1S/C16H10F2N2O/c17-11-6-5-10(7-12(11)18)8-16(21)15-9-19-13-3-1-2-4-14(13)20-15/h1-7,9H,8H2. The van der Waals surface area contributed by atoms with Gasteiger partial charge in [0.1, 0.15) is 5.69 Å². The van der Waals surface area contributed by atoms with E-state index in [2.05, 4.69) is 9.97 Å². The Hall–Kier alpha value is -2.69. The number of fused-ring (bicyclic) bond motifs is 1. The van der Waals surface area contributed by atoms with Crippen molar-refractivity contribution in [3.8, 4) is 0 Å². The van der Waals surface area contributed by atoms with Crippen molar-refractivity contribution in [3.05, 3.63) is 71.6 Å². The van der Waals surface area contributed by atoms with Crippen molar-refractivity contribution in [3.63, 3.8) is 0 Å². The summed E-state index contributed by atoms with van der Waals surface area (Å²) in [5, 5.41) is 0. The van der Waals surface area contributed by atoms with E-state index in [4.69, 9.17) is 0 Å². The lowest BCUT2D eigenvalue weighted by molar-refractivity contribution is 0.0988. The van der Waals surface area contributed by atoms with Crippen molar-refractivity contribution in [1.82, 2.24) is 9.97 Å². The summed E-state index contributed by atoms with van der Waals surface area (Å²) in [5.41, 5.74) is 1.92. The maximum Gasteiger partial charge on any atom is 0.187 e. The van der Waals surface area contributed by atoms with Gasteiger partial charge in [-0.05, 0) is 29.8 Å². The second-order valence-corrected chi connectivity index (χ2v) is 4.59. The number of carbonyl (C=O) groups excluding carboxylic acids is 1. The molecule has 0 fully saturated rings. The summed E-state index contributed by atoms with van der Waals surface area (Å²) >= 11 is 0. The van der Waals surface area contributed by atoms with Crippen LogP contribution in [0.4, 0.5) is 8.78 Å². The monoisotopic (exact) mass is 284 g/mol. The summed E-state index contributed by atoms with van der Waals surface area (Å²) < 4.78 is 26.0. The zero-order chi connectivity index (χ0) is 14.8. The fraction of sp³-hybridized carbons (Fsp3) is 0.0625. The number of hydrogen-bond acceptors (Lipinski definition) is 3. The highest BCUT2D eigenvalue weighted by molar-refractivity contribution is 5.96. The van der Waals surface area contributed by atoms with E-state index in [0.29, 0.717) is 16.6 Å². The molecule has 0 aliphatic rings. The van der Waals surface area contributed by atoms with Gasteiger partial charge in [0, 0.05) is 6.42 Å². The topological polar surface area (TPSA) is 42.9 Å². The Balaban J connectivity index is 1.87. The highest BCUT2D eigenvalue weighted by Crippen LogP contribution is 2.13. The summed E-state index contributed by atoms with van der Waals surface area (Å²) in [6, 6.07) is 10.6. The molecule has 0 saturated heterocycles. The Kier molecular flexibility index (Phi) is 3.39. The molecule has 1 aromatic heterocycles. The van der Waals surface area contributed by atoms with Gasteiger partial charge in [0.2, 0.25) is 0 Å². The number of nitrogens with zero attached hydrogens (tertiary/aromatic N) is 2. The Morgan fingerprint density at radius 3 is 2.52 bits per heavy atom. The predicted octanol–water partition coefficient (Wildman–Crippen LogP) is 3.33. The molecule has 3 aromatic rings. The number of rotatable bonds is 3. The second kappa shape index (κ2) is 5.36. The van der Waals surface area contributed by atoms with Crippen molar-refractivity contribution in [1.29, 1.82) is 0 Å². The smallest absolute Gasteiger partial charge is 0.187 e. The van der Waals surface area contributed by atoms with Crippen LogP contribution < -0.4 is 0 Å². The molecule has 0 saturated carbocycles. The summed E-state index contributed by atoms with van der Waals surface area (Å²) in [5.74, 6) is -2.19. The van der Waals surface area contributed by atoms with Gasteiger partial charge in [-0.25, -0.2) is 13.8 Å². The van der Waals surface area contributed by atoms with Gasteiger partial charge in [-0.1, -0.05) is 18.2 Å². The fourth-order valence-electron chi connectivity index (χ4n) is 2.02. The normalized spacial score (nSPS) is 10.8. The highest BCUT2D eigenvalue weighted by atomic mass is 19.2. The summed E-state index contributed by atoms with van der Waals surface area (Å²) in [6.07, 6.45) is 1.34. The molecule has 0 N–H and O–H groups in total. The van der Waals surface area contributed by atoms with E-state index in [-0.39, 0.29) is 17.9 Å². The van der Waals surface area contributed by atoms with Gasteiger partial charge in [0.05, 0.1) is 17.2 Å². The number of aromatic nitrogens is 2. The summed E-state index contributed by atoms with van der Waals surface area (Å²) in [4.78, 5) is 20.5. The van der Waals surface area contributed by atoms with Crippen LogP contribution in [0.2, 0.25) is 0 Å². The van der Waals surface area contributed by atoms with Crippen LogP contribution in [0.1, 0.15) is 16.1 Å². The molecule has 0 bridgehead atoms. The number of halogens is 2. The summed E-state index contributed by atoms with van der Waals surface area (Å²) in [6.45, 7) is 0. The van der Waals surface area contributed by atoms with Crippen LogP contribution >= 0.6 is 0 Å². The average Bonchev–Trinajstić information content (AvgIpc) is 2.50. The van der Waals surface area contributed by atoms with Crippen molar-refractivity contribution >= 4 is 16.8 Å². The molecule has 21 heavy (non-hydrogen) atoms. The van der Waals surface area contributed by atoms with Crippen molar-refractivity contribution in [2.75, 3.05) is 0 Å². The average molecular weight is 284 g/mol. The van der Waals surface area contributed by atoms with E-state index in [0.717, 1.165) is 12.1 Å². The zero-order valence-electron chi connectivity index (χ0n) is 10.9. The van der Waals surface area contributed by atoms with Crippen LogP contribution in [0.3, 0.4) is 0 Å². The first-order chi connectivity index (χ1) is 10.1. The minimum absolute atomic E-state index is 0.0514. The van der Waals surface area contributed by atoms with E-state index in [1.165, 1.54) is 12.3 Å². The van der Waals surface area contributed by atoms with Crippen LogP contribution in [0.5, 0.6) is 0 Å². The van der Waals surface area contributed by atoms with E-state index in [1.807, 2.05) is 6.07 Å². The van der Waals surface area contributed by atoms with Gasteiger partial charge in [0.25, 0.3) is 0 Å². The third kappa shape index (κ3) is 2.76. The molecule has 0 radical (unpaired) electrons. The van der Waals surface area contributed by atoms with Gasteiger partial charge in [-0.15, -0.1) is 0 Å². The number of benzene rings is 2. The number of hydrogen-bond donors (Lipinski definition) is 0. The van der Waals surface area contributed by atoms with E-state index >= 15 is 0 Å². The lowest BCUT2D eigenvalue weighted by atomic mass is 10.1. The van der Waals surface area contributed by atoms with Crippen molar-refractivity contribution in [2.24, 2.45) is 0 Å². The van der Waals surface area contributed by atoms with Gasteiger partial charge in [-0.2, -0.15) is 0 Å². The first-order valence-corrected chi connectivity index (χ1v) is 6.32. The zero-order valence-corrected chi connectivity index (χ0v) is 10.9. The fourth-order valence-corrected chi connectivity index (χ4v) is 2.02. The van der Waals surface area contributed by atoms with Gasteiger partial charge >= 0.3 is 0 Å². The second-order valence-electron chi connectivity index (χ2n) is 4.59. The molecule has 5 heteroatoms. The van der Waals surface area contributed by atoms with Crippen LogP contribution in [0.25, 0.3) is 11.0 Å². The first kappa shape index (κ1) is 13.3. The molecule has 1 heterocycles. The van der Waals surface area contributed by atoms with Gasteiger partial charge in [-0.3, -0.25) is 9.78 Å². The molecule has 2 aromatic carbocycles. The maximum atomic E-state index is 13.1. The molecule has 0 aliphatic carbocycles. The van der Waals surface area contributed by atoms with Crippen molar-refractivity contribution in [2.45, 2.75) is 6.42 Å². The maximum absolute atomic E-state index is 13.1. The number of ketones is 1. The molecule has 104 valence electrons. The molecule has 0 amide bonds. The van der Waals surface area contributed by atoms with Crippen LogP contribution in [-0.2, 0) is 6.42 Å². The molecule has 0 atom stereocenters. The number of carbonyl (C=O) groups is 1. The molecule has 0 spiro atoms. The molecular weight excluding hydrogens is 274 g/mol. The Morgan fingerprint density at radius 2 is 1.76 bits per heavy atom. The third-order valence-electron chi connectivity index (χ3n) is 3.08. The molecule has 0 aliphatic heterocycles. The predicted molar refractivity (Wildman–Crippen MR) is 73.9 cm³/mol. The first-order valence-electron chi connectivity index (χ1n) is 6.32. The highest BCUT2D eigenvalue weighted by Gasteiger charge is 2.12. The number of Topliss-reactive ketones (excluding diaryl/α,β-unsaturated/α-hetero) is 1. The van der Waals surface area contributed by atoms with Gasteiger partial charge in [0.15, 0.2) is 17.4 Å². The van der Waals surface area contributed by atoms with Crippen LogP contribution in [0.15, 0.2) is 48.7 Å². The van der Waals surface area contributed by atoms with Crippen molar-refractivity contribution < 1.29 is 13.6 Å². The molecular formula is C16H10F2N2O. The minimum atomic E-state index is -0.968. The third-order valence-corrected chi connectivity index (χ3v) is 3.08. The van der Waals surface area contributed by atoms with E-state index in [1.54, 1.807) is 18.2 Å². The van der Waals surface area contributed by atoms with Crippen LogP contribution in [-0.4, -0.2) is 15.8 Å². The quantitative estimate of drug-likeness (QED) is 0.693. The SMILES string of the molecule is O=C(Cc1ccc(F)c(F)c1)c1cnc2ccccc2n1. The summed E-state index contributed by atoms with van der Waals surface area (Å²) in [7, 11) is 0. The lowest BCUT2D eigenvalue weighted by Crippen LogP contribution is -2.07. The Morgan fingerprint density at radius 1 is 1.00 bits per heavy atom. The minimum Gasteiger partial charge on any atom is -0.292 e. The Labute approximate surface area is 119 Å². The molecule has 0 unspecified atom stereocenters. The van der Waals surface area contributed by atoms with Crippen LogP contribution in [0, 0.1) is 11.6 Å². The molecule has 3 nitrogen and oxygen atoms in total.